The van der Waals surface area contributed by atoms with E-state index in [0.29, 0.717) is 5.95 Å². The fraction of sp³-hybridized carbons (Fsp3) is 0.0526. The molecule has 0 N–H and O–H groups in total. The van der Waals surface area contributed by atoms with Crippen molar-refractivity contribution in [3.8, 4) is 45.1 Å². The van der Waals surface area contributed by atoms with Gasteiger partial charge >= 0.3 is 0 Å². The zero-order chi connectivity index (χ0) is 40.4. The van der Waals surface area contributed by atoms with Crippen LogP contribution in [-0.4, -0.2) is 19.1 Å². The molecule has 0 amide bonds. The molecule has 0 saturated heterocycles. The van der Waals surface area contributed by atoms with Crippen LogP contribution in [0.15, 0.2) is 194 Å². The Bertz CT molecular complexity index is 3780. The summed E-state index contributed by atoms with van der Waals surface area (Å²) in [6, 6.07) is 70.6. The standard InChI is InChI=1S/C57H38N4/c1-57(2)46-19-8-5-18-43(46)55-54-47(57)20-12-21-48(54)58-56(59-55)61-51-23-10-7-17-42(51)45-34-39(30-32-53(45)61)36-27-25-35(26-28-36)38-29-31-52-44(33-38)41-16-6-9-22-50(41)60(52)49-24-11-14-37-13-3-4-15-40(37)49/h3-34H,1-2H3. The van der Waals surface area contributed by atoms with Crippen LogP contribution in [0.2, 0.25) is 0 Å². The first kappa shape index (κ1) is 34.1. The lowest BCUT2D eigenvalue weighted by molar-refractivity contribution is 0.643. The number of fused-ring (bicyclic) bond motifs is 9. The zero-order valence-corrected chi connectivity index (χ0v) is 33.8. The molecule has 4 nitrogen and oxygen atoms in total. The second kappa shape index (κ2) is 12.6. The fourth-order valence-electron chi connectivity index (χ4n) is 10.4. The van der Waals surface area contributed by atoms with Crippen molar-refractivity contribution < 1.29 is 0 Å². The van der Waals surface area contributed by atoms with Crippen molar-refractivity contribution in [3.63, 3.8) is 0 Å². The van der Waals surface area contributed by atoms with Gasteiger partial charge in [-0.15, -0.1) is 0 Å². The zero-order valence-electron chi connectivity index (χ0n) is 33.8. The fourth-order valence-corrected chi connectivity index (χ4v) is 10.4. The lowest BCUT2D eigenvalue weighted by Gasteiger charge is -2.34. The highest BCUT2D eigenvalue weighted by Gasteiger charge is 2.35. The molecule has 3 aromatic heterocycles. The number of aromatic nitrogens is 4. The average Bonchev–Trinajstić information content (AvgIpc) is 3.82. The minimum atomic E-state index is -0.149. The summed E-state index contributed by atoms with van der Waals surface area (Å²) in [5.41, 5.74) is 16.1. The van der Waals surface area contributed by atoms with E-state index >= 15 is 0 Å². The van der Waals surface area contributed by atoms with Gasteiger partial charge in [-0.1, -0.05) is 159 Å². The van der Waals surface area contributed by atoms with Gasteiger partial charge in [0.05, 0.1) is 39.0 Å². The summed E-state index contributed by atoms with van der Waals surface area (Å²) in [5, 5.41) is 8.50. The molecular formula is C57H38N4. The summed E-state index contributed by atoms with van der Waals surface area (Å²) in [5.74, 6) is 0.690. The van der Waals surface area contributed by atoms with E-state index in [0.717, 1.165) is 27.6 Å². The molecule has 13 rings (SSSR count). The van der Waals surface area contributed by atoms with Crippen molar-refractivity contribution in [1.82, 2.24) is 19.1 Å². The lowest BCUT2D eigenvalue weighted by atomic mass is 9.70. The lowest BCUT2D eigenvalue weighted by Crippen LogP contribution is -2.24. The molecule has 0 fully saturated rings. The van der Waals surface area contributed by atoms with E-state index in [9.17, 15) is 0 Å². The molecule has 61 heavy (non-hydrogen) atoms. The average molecular weight is 779 g/mol. The Morgan fingerprint density at radius 1 is 0.393 bits per heavy atom. The summed E-state index contributed by atoms with van der Waals surface area (Å²) in [7, 11) is 0. The Kier molecular flexibility index (Phi) is 7.04. The first-order valence-corrected chi connectivity index (χ1v) is 21.1. The summed E-state index contributed by atoms with van der Waals surface area (Å²) >= 11 is 0. The minimum Gasteiger partial charge on any atom is -0.309 e. The van der Waals surface area contributed by atoms with Gasteiger partial charge in [0, 0.05) is 43.3 Å². The van der Waals surface area contributed by atoms with Crippen LogP contribution in [-0.2, 0) is 5.41 Å². The number of rotatable bonds is 4. The highest BCUT2D eigenvalue weighted by atomic mass is 15.2. The van der Waals surface area contributed by atoms with Crippen LogP contribution in [0.1, 0.15) is 25.0 Å². The van der Waals surface area contributed by atoms with Gasteiger partial charge in [0.2, 0.25) is 5.95 Å². The Morgan fingerprint density at radius 3 is 1.64 bits per heavy atom. The SMILES string of the molecule is CC1(C)c2ccccc2-c2nc(-n3c4ccccc4c4cc(-c5ccc(-c6ccc7c(c6)c6ccccc6n7-c6cccc7ccccc67)cc5)ccc43)nc3cccc1c23. The largest absolute Gasteiger partial charge is 0.309 e. The van der Waals surface area contributed by atoms with Crippen LogP contribution in [0.25, 0.3) is 110 Å². The Morgan fingerprint density at radius 2 is 0.918 bits per heavy atom. The first-order valence-electron chi connectivity index (χ1n) is 21.1. The third-order valence-electron chi connectivity index (χ3n) is 13.3. The van der Waals surface area contributed by atoms with E-state index in [1.54, 1.807) is 0 Å². The molecule has 3 heterocycles. The summed E-state index contributed by atoms with van der Waals surface area (Å²) in [6.45, 7) is 4.62. The Labute approximate surface area is 352 Å². The molecule has 0 saturated carbocycles. The van der Waals surface area contributed by atoms with E-state index in [1.807, 2.05) is 0 Å². The van der Waals surface area contributed by atoms with Crippen LogP contribution in [0.4, 0.5) is 0 Å². The van der Waals surface area contributed by atoms with Crippen molar-refractivity contribution in [2.24, 2.45) is 0 Å². The number of hydrogen-bond donors (Lipinski definition) is 0. The first-order chi connectivity index (χ1) is 30.0. The van der Waals surface area contributed by atoms with Crippen molar-refractivity contribution in [2.75, 3.05) is 0 Å². The minimum absolute atomic E-state index is 0.149. The molecule has 0 spiro atoms. The molecule has 1 aliphatic rings. The van der Waals surface area contributed by atoms with Crippen LogP contribution in [0.3, 0.4) is 0 Å². The molecule has 4 heteroatoms. The molecule has 12 aromatic rings. The third kappa shape index (κ3) is 4.87. The smallest absolute Gasteiger partial charge is 0.235 e. The predicted octanol–water partition coefficient (Wildman–Crippen LogP) is 14.6. The molecule has 0 radical (unpaired) electrons. The second-order valence-electron chi connectivity index (χ2n) is 17.0. The molecule has 1 aliphatic carbocycles. The van der Waals surface area contributed by atoms with Gasteiger partial charge in [-0.3, -0.25) is 4.57 Å². The van der Waals surface area contributed by atoms with Gasteiger partial charge in [-0.25, -0.2) is 9.97 Å². The van der Waals surface area contributed by atoms with Gasteiger partial charge < -0.3 is 4.57 Å². The van der Waals surface area contributed by atoms with E-state index in [4.69, 9.17) is 9.97 Å². The molecular weight excluding hydrogens is 741 g/mol. The summed E-state index contributed by atoms with van der Waals surface area (Å²) in [4.78, 5) is 10.7. The molecule has 9 aromatic carbocycles. The predicted molar refractivity (Wildman–Crippen MR) is 254 cm³/mol. The number of hydrogen-bond acceptors (Lipinski definition) is 2. The van der Waals surface area contributed by atoms with Crippen LogP contribution >= 0.6 is 0 Å². The maximum Gasteiger partial charge on any atom is 0.235 e. The molecule has 286 valence electrons. The van der Waals surface area contributed by atoms with Gasteiger partial charge in [-0.2, -0.15) is 0 Å². The van der Waals surface area contributed by atoms with E-state index in [2.05, 4.69) is 217 Å². The number of para-hydroxylation sites is 2. The quantitative estimate of drug-likeness (QED) is 0.178. The molecule has 0 atom stereocenters. The number of nitrogens with zero attached hydrogens (tertiary/aromatic N) is 4. The van der Waals surface area contributed by atoms with E-state index < -0.39 is 0 Å². The van der Waals surface area contributed by atoms with Crippen LogP contribution in [0.5, 0.6) is 0 Å². The van der Waals surface area contributed by atoms with Gasteiger partial charge in [0.15, 0.2) is 0 Å². The normalized spacial score (nSPS) is 13.2. The maximum absolute atomic E-state index is 5.41. The maximum atomic E-state index is 5.41. The van der Waals surface area contributed by atoms with Crippen LogP contribution < -0.4 is 0 Å². The summed E-state index contributed by atoms with van der Waals surface area (Å²) in [6.07, 6.45) is 0. The van der Waals surface area contributed by atoms with Crippen molar-refractivity contribution in [1.29, 1.82) is 0 Å². The Balaban J connectivity index is 0.908. The third-order valence-corrected chi connectivity index (χ3v) is 13.3. The van der Waals surface area contributed by atoms with Crippen molar-refractivity contribution >= 4 is 65.3 Å². The monoisotopic (exact) mass is 778 g/mol. The second-order valence-corrected chi connectivity index (χ2v) is 17.0. The highest BCUT2D eigenvalue weighted by molar-refractivity contribution is 6.13. The van der Waals surface area contributed by atoms with Crippen LogP contribution in [0, 0.1) is 0 Å². The van der Waals surface area contributed by atoms with Crippen molar-refractivity contribution in [3.05, 3.63) is 205 Å². The van der Waals surface area contributed by atoms with E-state index in [1.165, 1.54) is 88.0 Å². The van der Waals surface area contributed by atoms with E-state index in [-0.39, 0.29) is 5.41 Å². The highest BCUT2D eigenvalue weighted by Crippen LogP contribution is 2.48. The topological polar surface area (TPSA) is 35.6 Å². The number of benzene rings is 9. The van der Waals surface area contributed by atoms with Gasteiger partial charge in [0.1, 0.15) is 0 Å². The van der Waals surface area contributed by atoms with Gasteiger partial charge in [0.25, 0.3) is 0 Å². The molecule has 0 aliphatic heterocycles. The summed E-state index contributed by atoms with van der Waals surface area (Å²) < 4.78 is 4.67. The Hall–Kier alpha value is -7.82. The van der Waals surface area contributed by atoms with Gasteiger partial charge in [-0.05, 0) is 87.3 Å². The molecule has 0 unspecified atom stereocenters. The van der Waals surface area contributed by atoms with Crippen molar-refractivity contribution in [2.45, 2.75) is 19.3 Å². The molecule has 0 bridgehead atoms.